The number of anilines is 1. The number of carbonyl (C=O) groups is 2. The smallest absolute Gasteiger partial charge is 0.303 e. The summed E-state index contributed by atoms with van der Waals surface area (Å²) in [5.41, 5.74) is 6.08. The Morgan fingerprint density at radius 3 is 2.67 bits per heavy atom. The van der Waals surface area contributed by atoms with Gasteiger partial charge in [0.15, 0.2) is 0 Å². The summed E-state index contributed by atoms with van der Waals surface area (Å²) in [6.45, 7) is 0.563. The molecule has 0 heterocycles. The Hall–Kier alpha value is -1.75. The molecular weight excluding hydrogens is 256 g/mol. The molecule has 0 saturated heterocycles. The quantitative estimate of drug-likeness (QED) is 0.662. The van der Waals surface area contributed by atoms with Crippen molar-refractivity contribution in [1.29, 1.82) is 0 Å². The Bertz CT molecular complexity index is 449. The molecule has 0 radical (unpaired) electrons. The van der Waals surface area contributed by atoms with E-state index in [0.717, 1.165) is 0 Å². The number of primary amides is 1. The van der Waals surface area contributed by atoms with E-state index >= 15 is 0 Å². The van der Waals surface area contributed by atoms with Crippen molar-refractivity contribution in [2.75, 3.05) is 11.9 Å². The first-order valence-electron chi connectivity index (χ1n) is 5.56. The van der Waals surface area contributed by atoms with Gasteiger partial charge in [0.05, 0.1) is 10.6 Å². The Morgan fingerprint density at radius 1 is 1.33 bits per heavy atom. The van der Waals surface area contributed by atoms with Crippen LogP contribution in [0.25, 0.3) is 0 Å². The number of carboxylic acid groups (broad SMARTS) is 1. The van der Waals surface area contributed by atoms with Gasteiger partial charge in [0, 0.05) is 18.7 Å². The molecule has 98 valence electrons. The minimum absolute atomic E-state index is 0.139. The molecule has 0 atom stereocenters. The van der Waals surface area contributed by atoms with Crippen molar-refractivity contribution >= 4 is 29.2 Å². The lowest BCUT2D eigenvalue weighted by molar-refractivity contribution is -0.137. The number of rotatable bonds is 7. The topological polar surface area (TPSA) is 92.4 Å². The highest BCUT2D eigenvalue weighted by Crippen LogP contribution is 2.23. The number of benzene rings is 1. The van der Waals surface area contributed by atoms with Crippen LogP contribution in [0, 0.1) is 0 Å². The van der Waals surface area contributed by atoms with E-state index in [0.29, 0.717) is 30.1 Å². The molecule has 18 heavy (non-hydrogen) atoms. The van der Waals surface area contributed by atoms with Gasteiger partial charge >= 0.3 is 5.97 Å². The van der Waals surface area contributed by atoms with Gasteiger partial charge in [-0.1, -0.05) is 17.7 Å². The molecular formula is C12H15ClN2O3. The summed E-state index contributed by atoms with van der Waals surface area (Å²) in [4.78, 5) is 21.6. The van der Waals surface area contributed by atoms with Gasteiger partial charge in [0.25, 0.3) is 5.91 Å². The summed E-state index contributed by atoms with van der Waals surface area (Å²) in [6.07, 6.45) is 1.41. The van der Waals surface area contributed by atoms with Gasteiger partial charge in [-0.05, 0) is 25.0 Å². The van der Waals surface area contributed by atoms with E-state index in [2.05, 4.69) is 5.32 Å². The number of hydrogen-bond donors (Lipinski definition) is 3. The number of hydrogen-bond acceptors (Lipinski definition) is 3. The average molecular weight is 271 g/mol. The van der Waals surface area contributed by atoms with Crippen LogP contribution in [0.1, 0.15) is 29.6 Å². The number of halogens is 1. The van der Waals surface area contributed by atoms with Crippen molar-refractivity contribution in [3.63, 3.8) is 0 Å². The van der Waals surface area contributed by atoms with E-state index in [-0.39, 0.29) is 12.0 Å². The molecule has 5 nitrogen and oxygen atoms in total. The summed E-state index contributed by atoms with van der Waals surface area (Å²) in [5, 5.41) is 11.8. The van der Waals surface area contributed by atoms with Crippen LogP contribution in [0.2, 0.25) is 5.02 Å². The molecule has 1 aromatic rings. The number of unbranched alkanes of at least 4 members (excludes halogenated alkanes) is 1. The lowest BCUT2D eigenvalue weighted by Gasteiger charge is -2.10. The highest BCUT2D eigenvalue weighted by Gasteiger charge is 2.11. The number of nitrogens with one attached hydrogen (secondary N) is 1. The number of carbonyl (C=O) groups excluding carboxylic acids is 1. The van der Waals surface area contributed by atoms with Crippen LogP contribution in [-0.2, 0) is 4.79 Å². The van der Waals surface area contributed by atoms with E-state index in [4.69, 9.17) is 22.4 Å². The van der Waals surface area contributed by atoms with Crippen LogP contribution >= 0.6 is 11.6 Å². The van der Waals surface area contributed by atoms with E-state index in [1.165, 1.54) is 0 Å². The number of nitrogens with two attached hydrogens (primary N) is 1. The number of aliphatic carboxylic acids is 1. The highest BCUT2D eigenvalue weighted by atomic mass is 35.5. The van der Waals surface area contributed by atoms with E-state index < -0.39 is 11.9 Å². The maximum Gasteiger partial charge on any atom is 0.303 e. The van der Waals surface area contributed by atoms with Crippen LogP contribution < -0.4 is 11.1 Å². The van der Waals surface area contributed by atoms with E-state index in [1.807, 2.05) is 0 Å². The van der Waals surface area contributed by atoms with Crippen molar-refractivity contribution in [3.05, 3.63) is 28.8 Å². The SMILES string of the molecule is NC(=O)c1c(Cl)cccc1NCCCCC(=O)O. The maximum atomic E-state index is 11.2. The van der Waals surface area contributed by atoms with Crippen LogP contribution in [-0.4, -0.2) is 23.5 Å². The third-order valence-electron chi connectivity index (χ3n) is 2.39. The van der Waals surface area contributed by atoms with Crippen LogP contribution in [0.5, 0.6) is 0 Å². The monoisotopic (exact) mass is 270 g/mol. The third-order valence-corrected chi connectivity index (χ3v) is 2.71. The molecule has 0 aliphatic carbocycles. The molecule has 1 aromatic carbocycles. The largest absolute Gasteiger partial charge is 0.481 e. The molecule has 0 bridgehead atoms. The second-order valence-corrected chi connectivity index (χ2v) is 4.21. The van der Waals surface area contributed by atoms with Gasteiger partial charge in [0.1, 0.15) is 0 Å². The van der Waals surface area contributed by atoms with Crippen molar-refractivity contribution in [1.82, 2.24) is 0 Å². The predicted molar refractivity (Wildman–Crippen MR) is 69.9 cm³/mol. The maximum absolute atomic E-state index is 11.2. The summed E-state index contributed by atoms with van der Waals surface area (Å²) in [5.74, 6) is -1.40. The molecule has 0 aromatic heterocycles. The fourth-order valence-electron chi connectivity index (χ4n) is 1.55. The second kappa shape index (κ2) is 6.86. The second-order valence-electron chi connectivity index (χ2n) is 3.80. The standard InChI is InChI=1S/C12H15ClN2O3/c13-8-4-3-5-9(11(8)12(14)18)15-7-2-1-6-10(16)17/h3-5,15H,1-2,6-7H2,(H2,14,18)(H,16,17). The Balaban J connectivity index is 2.54. The summed E-state index contributed by atoms with van der Waals surface area (Å²) >= 11 is 5.89. The minimum Gasteiger partial charge on any atom is -0.481 e. The molecule has 0 aliphatic rings. The first-order valence-corrected chi connectivity index (χ1v) is 5.94. The van der Waals surface area contributed by atoms with Crippen LogP contribution in [0.3, 0.4) is 0 Å². The molecule has 0 saturated carbocycles. The Labute approximate surface area is 110 Å². The van der Waals surface area contributed by atoms with Gasteiger partial charge < -0.3 is 16.2 Å². The Morgan fingerprint density at radius 2 is 2.06 bits per heavy atom. The molecule has 0 fully saturated rings. The van der Waals surface area contributed by atoms with Crippen molar-refractivity contribution < 1.29 is 14.7 Å². The zero-order chi connectivity index (χ0) is 13.5. The fourth-order valence-corrected chi connectivity index (χ4v) is 1.81. The predicted octanol–water partition coefficient (Wildman–Crippen LogP) is 2.11. The number of carboxylic acids is 1. The van der Waals surface area contributed by atoms with E-state index in [9.17, 15) is 9.59 Å². The van der Waals surface area contributed by atoms with Gasteiger partial charge in [-0.2, -0.15) is 0 Å². The van der Waals surface area contributed by atoms with Crippen molar-refractivity contribution in [3.8, 4) is 0 Å². The first kappa shape index (κ1) is 14.3. The first-order chi connectivity index (χ1) is 8.52. The lowest BCUT2D eigenvalue weighted by Crippen LogP contribution is -2.15. The summed E-state index contributed by atoms with van der Waals surface area (Å²) < 4.78 is 0. The van der Waals surface area contributed by atoms with Crippen LogP contribution in [0.4, 0.5) is 5.69 Å². The molecule has 0 aliphatic heterocycles. The molecule has 4 N–H and O–H groups in total. The number of amides is 1. The van der Waals surface area contributed by atoms with Gasteiger partial charge in [0.2, 0.25) is 0 Å². The molecule has 1 rings (SSSR count). The fraction of sp³-hybridized carbons (Fsp3) is 0.333. The average Bonchev–Trinajstić information content (AvgIpc) is 2.27. The van der Waals surface area contributed by atoms with Crippen molar-refractivity contribution in [2.24, 2.45) is 5.73 Å². The minimum atomic E-state index is -0.810. The third kappa shape index (κ3) is 4.25. The zero-order valence-corrected chi connectivity index (χ0v) is 10.5. The molecule has 0 spiro atoms. The zero-order valence-electron chi connectivity index (χ0n) is 9.78. The highest BCUT2D eigenvalue weighted by molar-refractivity contribution is 6.34. The Kier molecular flexibility index (Phi) is 5.45. The summed E-state index contributed by atoms with van der Waals surface area (Å²) in [7, 11) is 0. The van der Waals surface area contributed by atoms with Crippen LogP contribution in [0.15, 0.2) is 18.2 Å². The molecule has 0 unspecified atom stereocenters. The van der Waals surface area contributed by atoms with E-state index in [1.54, 1.807) is 18.2 Å². The normalized spacial score (nSPS) is 10.1. The van der Waals surface area contributed by atoms with Gasteiger partial charge in [-0.15, -0.1) is 0 Å². The summed E-state index contributed by atoms with van der Waals surface area (Å²) in [6, 6.07) is 5.02. The van der Waals surface area contributed by atoms with Gasteiger partial charge in [-0.3, -0.25) is 9.59 Å². The molecule has 6 heteroatoms. The molecule has 1 amide bonds. The van der Waals surface area contributed by atoms with Gasteiger partial charge in [-0.25, -0.2) is 0 Å². The van der Waals surface area contributed by atoms with Crippen molar-refractivity contribution in [2.45, 2.75) is 19.3 Å². The lowest BCUT2D eigenvalue weighted by atomic mass is 10.1.